The van der Waals surface area contributed by atoms with Crippen LogP contribution in [0.2, 0.25) is 0 Å². The normalized spacial score (nSPS) is 19.6. The zero-order valence-electron chi connectivity index (χ0n) is 16.2. The van der Waals surface area contributed by atoms with E-state index in [0.29, 0.717) is 17.9 Å². The van der Waals surface area contributed by atoms with Gasteiger partial charge < -0.3 is 19.9 Å². The topological polar surface area (TPSA) is 80.9 Å². The predicted octanol–water partition coefficient (Wildman–Crippen LogP) is 4.02. The second-order valence-corrected chi connectivity index (χ2v) is 7.15. The van der Waals surface area contributed by atoms with Gasteiger partial charge >= 0.3 is 6.36 Å². The van der Waals surface area contributed by atoms with Crippen LogP contribution in [0.15, 0.2) is 36.5 Å². The van der Waals surface area contributed by atoms with Gasteiger partial charge in [0.1, 0.15) is 17.2 Å². The van der Waals surface area contributed by atoms with Crippen molar-refractivity contribution in [1.29, 1.82) is 0 Å². The van der Waals surface area contributed by atoms with E-state index in [0.717, 1.165) is 25.3 Å². The van der Waals surface area contributed by atoms with Crippen LogP contribution in [0.4, 0.5) is 19.1 Å². The van der Waals surface area contributed by atoms with Crippen molar-refractivity contribution in [3.05, 3.63) is 36.5 Å². The standard InChI is InChI=1S/C20H21F3N4O3/c1-29-12-8-9-13(17(11-12)30-20(21,22)23)18-15-6-4-10-27(15)19(26-25-18)24-14-5-2-3-7-16(14)28/h4,6,8-11,14,16,28H,2-3,5,7H2,1H3,(H,24,26)/t14-,16-/m0/s1. The second-order valence-electron chi connectivity index (χ2n) is 7.15. The molecule has 0 amide bonds. The summed E-state index contributed by atoms with van der Waals surface area (Å²) in [5.41, 5.74) is 0.917. The third-order valence-electron chi connectivity index (χ3n) is 5.18. The van der Waals surface area contributed by atoms with Gasteiger partial charge in [0, 0.05) is 17.8 Å². The molecule has 1 aromatic carbocycles. The summed E-state index contributed by atoms with van der Waals surface area (Å²) in [6.45, 7) is 0. The molecule has 2 heterocycles. The molecule has 0 radical (unpaired) electrons. The highest BCUT2D eigenvalue weighted by molar-refractivity contribution is 5.81. The van der Waals surface area contributed by atoms with Gasteiger partial charge in [0.25, 0.3) is 0 Å². The summed E-state index contributed by atoms with van der Waals surface area (Å²) >= 11 is 0. The fourth-order valence-electron chi connectivity index (χ4n) is 3.73. The molecule has 1 saturated carbocycles. The zero-order chi connectivity index (χ0) is 21.3. The van der Waals surface area contributed by atoms with Gasteiger partial charge in [-0.3, -0.25) is 4.40 Å². The lowest BCUT2D eigenvalue weighted by Gasteiger charge is -2.28. The molecule has 0 spiro atoms. The molecule has 1 fully saturated rings. The molecule has 7 nitrogen and oxygen atoms in total. The number of hydrogen-bond donors (Lipinski definition) is 2. The highest BCUT2D eigenvalue weighted by Gasteiger charge is 2.33. The number of methoxy groups -OCH3 is 1. The van der Waals surface area contributed by atoms with Crippen molar-refractivity contribution < 1.29 is 27.8 Å². The van der Waals surface area contributed by atoms with E-state index in [4.69, 9.17) is 4.74 Å². The maximum Gasteiger partial charge on any atom is 0.573 e. The largest absolute Gasteiger partial charge is 0.573 e. The van der Waals surface area contributed by atoms with Crippen LogP contribution in [-0.4, -0.2) is 45.3 Å². The number of halogens is 3. The molecule has 3 aromatic rings. The van der Waals surface area contributed by atoms with Gasteiger partial charge in [-0.05, 0) is 37.1 Å². The number of nitrogens with zero attached hydrogens (tertiary/aromatic N) is 3. The van der Waals surface area contributed by atoms with Gasteiger partial charge in [-0.1, -0.05) is 12.8 Å². The minimum Gasteiger partial charge on any atom is -0.497 e. The number of aromatic nitrogens is 3. The smallest absolute Gasteiger partial charge is 0.497 e. The van der Waals surface area contributed by atoms with E-state index in [9.17, 15) is 18.3 Å². The van der Waals surface area contributed by atoms with Crippen LogP contribution < -0.4 is 14.8 Å². The van der Waals surface area contributed by atoms with E-state index < -0.39 is 18.2 Å². The molecule has 30 heavy (non-hydrogen) atoms. The molecular weight excluding hydrogens is 401 g/mol. The molecule has 0 aliphatic heterocycles. The minimum atomic E-state index is -4.87. The first-order chi connectivity index (χ1) is 14.4. The molecular formula is C20H21F3N4O3. The second kappa shape index (κ2) is 8.02. The van der Waals surface area contributed by atoms with Crippen molar-refractivity contribution in [3.8, 4) is 22.8 Å². The Kier molecular flexibility index (Phi) is 5.42. The fourth-order valence-corrected chi connectivity index (χ4v) is 3.73. The molecule has 160 valence electrons. The average Bonchev–Trinajstić information content (AvgIpc) is 3.19. The summed E-state index contributed by atoms with van der Waals surface area (Å²) in [4.78, 5) is 0. The van der Waals surface area contributed by atoms with Crippen LogP contribution in [0.1, 0.15) is 25.7 Å². The number of aliphatic hydroxyl groups excluding tert-OH is 1. The Morgan fingerprint density at radius 2 is 1.97 bits per heavy atom. The summed E-state index contributed by atoms with van der Waals surface area (Å²) in [6, 6.07) is 7.47. The first-order valence-corrected chi connectivity index (χ1v) is 9.58. The number of hydrogen-bond acceptors (Lipinski definition) is 6. The molecule has 1 aliphatic rings. The predicted molar refractivity (Wildman–Crippen MR) is 104 cm³/mol. The van der Waals surface area contributed by atoms with E-state index in [1.807, 2.05) is 0 Å². The van der Waals surface area contributed by atoms with Crippen molar-refractivity contribution in [2.24, 2.45) is 0 Å². The number of aliphatic hydroxyl groups is 1. The Bertz CT molecular complexity index is 1040. The number of rotatable bonds is 5. The highest BCUT2D eigenvalue weighted by atomic mass is 19.4. The number of fused-ring (bicyclic) bond motifs is 1. The number of nitrogens with one attached hydrogen (secondary N) is 1. The number of benzene rings is 1. The lowest BCUT2D eigenvalue weighted by molar-refractivity contribution is -0.274. The van der Waals surface area contributed by atoms with Crippen LogP contribution in [0, 0.1) is 0 Å². The Balaban J connectivity index is 1.75. The summed E-state index contributed by atoms with van der Waals surface area (Å²) < 4.78 is 49.8. The number of ether oxygens (including phenoxy) is 2. The maximum atomic E-state index is 12.9. The van der Waals surface area contributed by atoms with Crippen LogP contribution in [0.25, 0.3) is 16.8 Å². The van der Waals surface area contributed by atoms with Gasteiger partial charge in [0.05, 0.1) is 24.8 Å². The highest BCUT2D eigenvalue weighted by Crippen LogP contribution is 2.38. The first-order valence-electron chi connectivity index (χ1n) is 9.58. The zero-order valence-corrected chi connectivity index (χ0v) is 16.2. The average molecular weight is 422 g/mol. The van der Waals surface area contributed by atoms with Crippen molar-refractivity contribution in [2.75, 3.05) is 12.4 Å². The summed E-state index contributed by atoms with van der Waals surface area (Å²) in [5, 5.41) is 21.8. The Hall–Kier alpha value is -3.01. The molecule has 0 saturated heterocycles. The van der Waals surface area contributed by atoms with Crippen molar-refractivity contribution in [3.63, 3.8) is 0 Å². The molecule has 2 N–H and O–H groups in total. The van der Waals surface area contributed by atoms with Gasteiger partial charge in [-0.25, -0.2) is 0 Å². The summed E-state index contributed by atoms with van der Waals surface area (Å²) in [5.74, 6) is 0.209. The first kappa shape index (κ1) is 20.3. The van der Waals surface area contributed by atoms with E-state index in [-0.39, 0.29) is 23.0 Å². The van der Waals surface area contributed by atoms with Gasteiger partial charge in [-0.15, -0.1) is 23.4 Å². The Morgan fingerprint density at radius 3 is 2.70 bits per heavy atom. The van der Waals surface area contributed by atoms with E-state index in [1.54, 1.807) is 22.7 Å². The molecule has 10 heteroatoms. The van der Waals surface area contributed by atoms with E-state index in [2.05, 4.69) is 20.3 Å². The summed E-state index contributed by atoms with van der Waals surface area (Å²) in [6.07, 6.45) is -0.137. The third-order valence-corrected chi connectivity index (χ3v) is 5.18. The molecule has 2 atom stereocenters. The van der Waals surface area contributed by atoms with Crippen molar-refractivity contribution >= 4 is 11.5 Å². The van der Waals surface area contributed by atoms with Gasteiger partial charge in [-0.2, -0.15) is 0 Å². The fraction of sp³-hybridized carbons (Fsp3) is 0.400. The van der Waals surface area contributed by atoms with Crippen molar-refractivity contribution in [1.82, 2.24) is 14.6 Å². The molecule has 4 rings (SSSR count). The molecule has 0 unspecified atom stereocenters. The third kappa shape index (κ3) is 4.13. The molecule has 1 aliphatic carbocycles. The number of anilines is 1. The minimum absolute atomic E-state index is 0.133. The Morgan fingerprint density at radius 1 is 1.17 bits per heavy atom. The van der Waals surface area contributed by atoms with Gasteiger partial charge in [0.15, 0.2) is 0 Å². The van der Waals surface area contributed by atoms with E-state index >= 15 is 0 Å². The monoisotopic (exact) mass is 422 g/mol. The quantitative estimate of drug-likeness (QED) is 0.647. The van der Waals surface area contributed by atoms with Gasteiger partial charge in [0.2, 0.25) is 5.95 Å². The van der Waals surface area contributed by atoms with Crippen molar-refractivity contribution in [2.45, 2.75) is 44.2 Å². The van der Waals surface area contributed by atoms with Crippen LogP contribution in [0.5, 0.6) is 11.5 Å². The van der Waals surface area contributed by atoms with E-state index in [1.165, 1.54) is 19.2 Å². The lowest BCUT2D eigenvalue weighted by atomic mass is 9.93. The van der Waals surface area contributed by atoms with Crippen LogP contribution >= 0.6 is 0 Å². The molecule has 0 bridgehead atoms. The molecule has 2 aromatic heterocycles. The Labute approximate surface area is 170 Å². The van der Waals surface area contributed by atoms with Crippen LogP contribution in [0.3, 0.4) is 0 Å². The summed E-state index contributed by atoms with van der Waals surface area (Å²) in [7, 11) is 1.36. The SMILES string of the molecule is COc1ccc(-c2nnc(N[C@H]3CCCC[C@@H]3O)n3cccc23)c(OC(F)(F)F)c1. The maximum absolute atomic E-state index is 12.9. The lowest BCUT2D eigenvalue weighted by Crippen LogP contribution is -2.37. The number of alkyl halides is 3. The van der Waals surface area contributed by atoms with Crippen LogP contribution in [-0.2, 0) is 0 Å².